The van der Waals surface area contributed by atoms with E-state index in [2.05, 4.69) is 13.0 Å². The molecule has 3 atom stereocenters. The Hall–Kier alpha value is -0.300. The topological polar surface area (TPSA) is 20.2 Å². The molecule has 0 aromatic rings. The van der Waals surface area contributed by atoms with E-state index >= 15 is 0 Å². The summed E-state index contributed by atoms with van der Waals surface area (Å²) in [7, 11) is 0. The number of hydrogen-bond donors (Lipinski definition) is 1. The largest absolute Gasteiger partial charge is 0.393 e. The van der Waals surface area contributed by atoms with Crippen molar-refractivity contribution in [3.63, 3.8) is 0 Å². The zero-order chi connectivity index (χ0) is 7.84. The quantitative estimate of drug-likeness (QED) is 0.527. The van der Waals surface area contributed by atoms with Crippen LogP contribution < -0.4 is 0 Å². The van der Waals surface area contributed by atoms with Gasteiger partial charge in [0.05, 0.1) is 6.10 Å². The fraction of sp³-hybridized carbons (Fsp3) is 0.800. The second kappa shape index (κ2) is 2.63. The molecule has 0 heterocycles. The van der Waals surface area contributed by atoms with Crippen LogP contribution in [0.4, 0.5) is 0 Å². The summed E-state index contributed by atoms with van der Waals surface area (Å²) in [6.45, 7) is 2.21. The Kier molecular flexibility index (Phi) is 1.76. The van der Waals surface area contributed by atoms with Crippen LogP contribution in [-0.4, -0.2) is 11.2 Å². The van der Waals surface area contributed by atoms with E-state index in [0.29, 0.717) is 0 Å². The van der Waals surface area contributed by atoms with Crippen molar-refractivity contribution >= 4 is 0 Å². The SMILES string of the molecule is CC1=CC2CCC(O)CC2C1. The van der Waals surface area contributed by atoms with Gasteiger partial charge in [-0.3, -0.25) is 0 Å². The highest BCUT2D eigenvalue weighted by atomic mass is 16.3. The van der Waals surface area contributed by atoms with Crippen LogP contribution in [0.15, 0.2) is 11.6 Å². The normalized spacial score (nSPS) is 43.5. The molecule has 1 nitrogen and oxygen atoms in total. The third kappa shape index (κ3) is 1.34. The van der Waals surface area contributed by atoms with Crippen LogP contribution in [-0.2, 0) is 0 Å². The fourth-order valence-electron chi connectivity index (χ4n) is 2.56. The summed E-state index contributed by atoms with van der Waals surface area (Å²) in [4.78, 5) is 0. The van der Waals surface area contributed by atoms with Gasteiger partial charge in [-0.25, -0.2) is 0 Å². The first kappa shape index (κ1) is 7.35. The summed E-state index contributed by atoms with van der Waals surface area (Å²) in [6.07, 6.45) is 6.92. The van der Waals surface area contributed by atoms with Crippen LogP contribution in [0.25, 0.3) is 0 Å². The molecule has 1 saturated carbocycles. The Bertz CT molecular complexity index is 183. The number of aliphatic hydroxyl groups is 1. The molecular formula is C10H16O. The number of hydrogen-bond acceptors (Lipinski definition) is 1. The van der Waals surface area contributed by atoms with E-state index in [4.69, 9.17) is 0 Å². The molecule has 0 aliphatic heterocycles. The lowest BCUT2D eigenvalue weighted by molar-refractivity contribution is 0.0870. The van der Waals surface area contributed by atoms with Gasteiger partial charge in [-0.1, -0.05) is 11.6 Å². The van der Waals surface area contributed by atoms with Gasteiger partial charge in [0.1, 0.15) is 0 Å². The predicted octanol–water partition coefficient (Wildman–Crippen LogP) is 2.11. The average molecular weight is 152 g/mol. The standard InChI is InChI=1S/C10H16O/c1-7-4-8-2-3-10(11)6-9(8)5-7/h4,8-11H,2-3,5-6H2,1H3. The maximum absolute atomic E-state index is 9.42. The average Bonchev–Trinajstić information content (AvgIpc) is 2.27. The molecule has 2 aliphatic rings. The number of rotatable bonds is 0. The highest BCUT2D eigenvalue weighted by molar-refractivity contribution is 5.12. The first-order chi connectivity index (χ1) is 5.25. The minimum Gasteiger partial charge on any atom is -0.393 e. The monoisotopic (exact) mass is 152 g/mol. The van der Waals surface area contributed by atoms with Crippen molar-refractivity contribution in [2.24, 2.45) is 11.8 Å². The summed E-state index contributed by atoms with van der Waals surface area (Å²) in [5.74, 6) is 1.58. The molecule has 0 spiro atoms. The zero-order valence-corrected chi connectivity index (χ0v) is 7.09. The Labute approximate surface area is 68.1 Å². The van der Waals surface area contributed by atoms with Crippen molar-refractivity contribution in [2.75, 3.05) is 0 Å². The lowest BCUT2D eigenvalue weighted by Gasteiger charge is -2.28. The molecule has 1 heteroatoms. The van der Waals surface area contributed by atoms with E-state index in [0.717, 1.165) is 24.7 Å². The van der Waals surface area contributed by atoms with Crippen LogP contribution >= 0.6 is 0 Å². The van der Waals surface area contributed by atoms with Crippen LogP contribution in [0.5, 0.6) is 0 Å². The van der Waals surface area contributed by atoms with Gasteiger partial charge in [-0.05, 0) is 44.4 Å². The summed E-state index contributed by atoms with van der Waals surface area (Å²) in [6, 6.07) is 0. The summed E-state index contributed by atoms with van der Waals surface area (Å²) in [5.41, 5.74) is 1.54. The van der Waals surface area contributed by atoms with Crippen molar-refractivity contribution in [2.45, 2.75) is 38.7 Å². The van der Waals surface area contributed by atoms with Crippen LogP contribution in [0.1, 0.15) is 32.6 Å². The number of allylic oxidation sites excluding steroid dienone is 2. The predicted molar refractivity (Wildman–Crippen MR) is 45.2 cm³/mol. The molecule has 0 saturated heterocycles. The van der Waals surface area contributed by atoms with Crippen molar-refractivity contribution in [3.05, 3.63) is 11.6 Å². The Balaban J connectivity index is 2.03. The minimum absolute atomic E-state index is 0.00412. The highest BCUT2D eigenvalue weighted by Gasteiger charge is 2.31. The second-order valence-corrected chi connectivity index (χ2v) is 4.11. The molecule has 2 aliphatic carbocycles. The molecule has 0 aromatic carbocycles. The van der Waals surface area contributed by atoms with Crippen molar-refractivity contribution in [1.82, 2.24) is 0 Å². The molecule has 62 valence electrons. The van der Waals surface area contributed by atoms with E-state index in [-0.39, 0.29) is 6.10 Å². The molecule has 11 heavy (non-hydrogen) atoms. The summed E-state index contributed by atoms with van der Waals surface area (Å²) in [5, 5.41) is 9.42. The first-order valence-corrected chi connectivity index (χ1v) is 4.61. The van der Waals surface area contributed by atoms with Crippen LogP contribution in [0.3, 0.4) is 0 Å². The molecule has 1 N–H and O–H groups in total. The third-order valence-corrected chi connectivity index (χ3v) is 3.10. The number of aliphatic hydroxyl groups excluding tert-OH is 1. The lowest BCUT2D eigenvalue weighted by atomic mass is 9.80. The van der Waals surface area contributed by atoms with E-state index in [1.54, 1.807) is 0 Å². The second-order valence-electron chi connectivity index (χ2n) is 4.11. The van der Waals surface area contributed by atoms with Crippen molar-refractivity contribution in [1.29, 1.82) is 0 Å². The van der Waals surface area contributed by atoms with Crippen molar-refractivity contribution in [3.8, 4) is 0 Å². The number of fused-ring (bicyclic) bond motifs is 1. The Morgan fingerprint density at radius 1 is 1.45 bits per heavy atom. The first-order valence-electron chi connectivity index (χ1n) is 4.61. The van der Waals surface area contributed by atoms with Gasteiger partial charge in [0.25, 0.3) is 0 Å². The molecule has 0 aromatic heterocycles. The van der Waals surface area contributed by atoms with Gasteiger partial charge in [-0.15, -0.1) is 0 Å². The highest BCUT2D eigenvalue weighted by Crippen LogP contribution is 2.40. The van der Waals surface area contributed by atoms with Gasteiger partial charge >= 0.3 is 0 Å². The molecular weight excluding hydrogens is 136 g/mol. The Morgan fingerprint density at radius 2 is 2.27 bits per heavy atom. The van der Waals surface area contributed by atoms with E-state index < -0.39 is 0 Å². The maximum atomic E-state index is 9.42. The molecule has 3 unspecified atom stereocenters. The molecule has 2 rings (SSSR count). The fourth-order valence-corrected chi connectivity index (χ4v) is 2.56. The van der Waals surface area contributed by atoms with E-state index in [1.165, 1.54) is 18.4 Å². The summed E-state index contributed by atoms with van der Waals surface area (Å²) < 4.78 is 0. The van der Waals surface area contributed by atoms with Crippen molar-refractivity contribution < 1.29 is 5.11 Å². The third-order valence-electron chi connectivity index (χ3n) is 3.10. The maximum Gasteiger partial charge on any atom is 0.0543 e. The molecule has 0 bridgehead atoms. The van der Waals surface area contributed by atoms with E-state index in [9.17, 15) is 5.11 Å². The summed E-state index contributed by atoms with van der Waals surface area (Å²) >= 11 is 0. The van der Waals surface area contributed by atoms with Gasteiger partial charge in [0, 0.05) is 0 Å². The van der Waals surface area contributed by atoms with E-state index in [1.807, 2.05) is 0 Å². The van der Waals surface area contributed by atoms with Gasteiger partial charge in [0.15, 0.2) is 0 Å². The Morgan fingerprint density at radius 3 is 3.09 bits per heavy atom. The van der Waals surface area contributed by atoms with Gasteiger partial charge < -0.3 is 5.11 Å². The molecule has 1 fully saturated rings. The van der Waals surface area contributed by atoms with Crippen LogP contribution in [0.2, 0.25) is 0 Å². The smallest absolute Gasteiger partial charge is 0.0543 e. The molecule has 0 radical (unpaired) electrons. The van der Waals surface area contributed by atoms with Gasteiger partial charge in [-0.2, -0.15) is 0 Å². The minimum atomic E-state index is -0.00412. The van der Waals surface area contributed by atoms with Crippen LogP contribution in [0, 0.1) is 11.8 Å². The molecule has 0 amide bonds. The zero-order valence-electron chi connectivity index (χ0n) is 7.09. The van der Waals surface area contributed by atoms with Gasteiger partial charge in [0.2, 0.25) is 0 Å². The lowest BCUT2D eigenvalue weighted by Crippen LogP contribution is -2.24.